The number of carbonyl (C=O) groups excluding carboxylic acids is 1. The molecule has 0 bridgehead atoms. The van der Waals surface area contributed by atoms with Gasteiger partial charge in [0, 0.05) is 18.6 Å². The zero-order valence-corrected chi connectivity index (χ0v) is 15.0. The second-order valence-corrected chi connectivity index (χ2v) is 6.85. The Morgan fingerprint density at radius 3 is 2.46 bits per heavy atom. The van der Waals surface area contributed by atoms with Crippen LogP contribution in [0.4, 0.5) is 0 Å². The first-order valence-corrected chi connectivity index (χ1v) is 8.84. The first-order valence-electron chi connectivity index (χ1n) is 8.84. The van der Waals surface area contributed by atoms with Crippen LogP contribution in [0.2, 0.25) is 0 Å². The van der Waals surface area contributed by atoms with Gasteiger partial charge in [0.05, 0.1) is 20.6 Å². The van der Waals surface area contributed by atoms with Crippen molar-refractivity contribution < 1.29 is 14.3 Å². The van der Waals surface area contributed by atoms with E-state index in [4.69, 9.17) is 9.47 Å². The zero-order valence-electron chi connectivity index (χ0n) is 15.0. The van der Waals surface area contributed by atoms with Crippen LogP contribution in [0.25, 0.3) is 0 Å². The molecule has 2 fully saturated rings. The van der Waals surface area contributed by atoms with Crippen LogP contribution in [0.1, 0.15) is 31.2 Å². The first kappa shape index (κ1) is 17.1. The molecule has 2 aliphatic heterocycles. The van der Waals surface area contributed by atoms with E-state index in [2.05, 4.69) is 16.8 Å². The Bertz CT molecular complexity index is 590. The lowest BCUT2D eigenvalue weighted by Gasteiger charge is -2.33. The first-order chi connectivity index (χ1) is 11.6. The summed E-state index contributed by atoms with van der Waals surface area (Å²) in [6.45, 7) is 2.04. The third-order valence-corrected chi connectivity index (χ3v) is 5.44. The Hall–Kier alpha value is -1.75. The summed E-state index contributed by atoms with van der Waals surface area (Å²) in [5, 5.41) is 0. The second kappa shape index (κ2) is 7.43. The van der Waals surface area contributed by atoms with Gasteiger partial charge in [-0.1, -0.05) is 6.07 Å². The number of hydrogen-bond donors (Lipinski definition) is 0. The van der Waals surface area contributed by atoms with Gasteiger partial charge in [0.15, 0.2) is 11.5 Å². The molecule has 5 heteroatoms. The molecule has 0 unspecified atom stereocenters. The summed E-state index contributed by atoms with van der Waals surface area (Å²) in [7, 11) is 5.43. The van der Waals surface area contributed by atoms with Crippen LogP contribution in [-0.2, 0) is 11.2 Å². The largest absolute Gasteiger partial charge is 0.493 e. The van der Waals surface area contributed by atoms with E-state index in [0.717, 1.165) is 31.5 Å². The highest BCUT2D eigenvalue weighted by Crippen LogP contribution is 2.31. The number of ether oxygens (including phenoxy) is 2. The Labute approximate surface area is 144 Å². The number of nitrogens with zero attached hydrogens (tertiary/aromatic N) is 2. The number of likely N-dealkylation sites (N-methyl/N-ethyl adjacent to an activating group) is 1. The Balaban J connectivity index is 1.70. The van der Waals surface area contributed by atoms with Crippen molar-refractivity contribution in [2.45, 2.75) is 44.2 Å². The molecule has 2 heterocycles. The molecule has 1 aromatic carbocycles. The van der Waals surface area contributed by atoms with Crippen LogP contribution >= 0.6 is 0 Å². The number of rotatable bonds is 5. The van der Waals surface area contributed by atoms with Gasteiger partial charge in [-0.3, -0.25) is 4.79 Å². The molecule has 2 aliphatic rings. The predicted molar refractivity (Wildman–Crippen MR) is 93.6 cm³/mol. The van der Waals surface area contributed by atoms with Crippen molar-refractivity contribution in [3.63, 3.8) is 0 Å². The van der Waals surface area contributed by atoms with Crippen LogP contribution in [0.5, 0.6) is 11.5 Å². The number of hydrogen-bond acceptors (Lipinski definition) is 4. The fourth-order valence-electron chi connectivity index (χ4n) is 4.19. The van der Waals surface area contributed by atoms with Crippen molar-refractivity contribution in [1.29, 1.82) is 0 Å². The molecular formula is C19H28N2O3. The van der Waals surface area contributed by atoms with Crippen molar-refractivity contribution in [2.24, 2.45) is 0 Å². The van der Waals surface area contributed by atoms with Crippen LogP contribution in [-0.4, -0.2) is 62.1 Å². The van der Waals surface area contributed by atoms with E-state index in [-0.39, 0.29) is 5.91 Å². The maximum atomic E-state index is 12.9. The van der Waals surface area contributed by atoms with E-state index in [0.29, 0.717) is 30.0 Å². The van der Waals surface area contributed by atoms with Gasteiger partial charge in [0.25, 0.3) is 0 Å². The average molecular weight is 332 g/mol. The summed E-state index contributed by atoms with van der Waals surface area (Å²) >= 11 is 0. The lowest BCUT2D eigenvalue weighted by Crippen LogP contribution is -2.47. The fourth-order valence-corrected chi connectivity index (χ4v) is 4.19. The van der Waals surface area contributed by atoms with Crippen LogP contribution < -0.4 is 9.47 Å². The molecule has 24 heavy (non-hydrogen) atoms. The molecule has 0 N–H and O–H groups in total. The lowest BCUT2D eigenvalue weighted by atomic mass is 10.0. The summed E-state index contributed by atoms with van der Waals surface area (Å²) in [6.07, 6.45) is 5.13. The lowest BCUT2D eigenvalue weighted by molar-refractivity contribution is -0.132. The van der Waals surface area contributed by atoms with E-state index in [1.807, 2.05) is 18.2 Å². The van der Waals surface area contributed by atoms with Gasteiger partial charge >= 0.3 is 0 Å². The van der Waals surface area contributed by atoms with Crippen LogP contribution in [0.15, 0.2) is 18.2 Å². The quantitative estimate of drug-likeness (QED) is 0.830. The summed E-state index contributed by atoms with van der Waals surface area (Å²) in [5.74, 6) is 1.60. The monoisotopic (exact) mass is 332 g/mol. The smallest absolute Gasteiger partial charge is 0.227 e. The Morgan fingerprint density at radius 2 is 1.79 bits per heavy atom. The SMILES string of the molecule is COc1ccc(CC(=O)N2CCC[C@H]2[C@H]2CCCN2C)cc1OC. The summed E-state index contributed by atoms with van der Waals surface area (Å²) < 4.78 is 10.6. The Morgan fingerprint density at radius 1 is 1.08 bits per heavy atom. The molecule has 5 nitrogen and oxygen atoms in total. The topological polar surface area (TPSA) is 42.0 Å². The van der Waals surface area contributed by atoms with Gasteiger partial charge in [0.1, 0.15) is 0 Å². The molecule has 0 radical (unpaired) electrons. The number of likely N-dealkylation sites (tertiary alicyclic amines) is 2. The number of methoxy groups -OCH3 is 2. The van der Waals surface area contributed by atoms with E-state index in [9.17, 15) is 4.79 Å². The summed E-state index contributed by atoms with van der Waals surface area (Å²) in [5.41, 5.74) is 0.975. The molecule has 0 saturated carbocycles. The minimum Gasteiger partial charge on any atom is -0.493 e. The van der Waals surface area contributed by atoms with Gasteiger partial charge in [-0.2, -0.15) is 0 Å². The molecule has 0 spiro atoms. The number of amides is 1. The molecule has 1 amide bonds. The normalized spacial score (nSPS) is 24.4. The highest BCUT2D eigenvalue weighted by molar-refractivity contribution is 5.79. The van der Waals surface area contributed by atoms with Gasteiger partial charge in [0.2, 0.25) is 5.91 Å². The van der Waals surface area contributed by atoms with E-state index in [1.54, 1.807) is 14.2 Å². The summed E-state index contributed by atoms with van der Waals surface area (Å²) in [6, 6.07) is 6.63. The molecule has 132 valence electrons. The number of benzene rings is 1. The minimum atomic E-state index is 0.227. The minimum absolute atomic E-state index is 0.227. The van der Waals surface area contributed by atoms with Crippen molar-refractivity contribution in [3.8, 4) is 11.5 Å². The van der Waals surface area contributed by atoms with E-state index in [1.165, 1.54) is 12.8 Å². The molecule has 0 aromatic heterocycles. The van der Waals surface area contributed by atoms with Gasteiger partial charge in [-0.05, 0) is 57.0 Å². The van der Waals surface area contributed by atoms with E-state index >= 15 is 0 Å². The average Bonchev–Trinajstić information content (AvgIpc) is 3.22. The molecule has 2 saturated heterocycles. The third kappa shape index (κ3) is 3.36. The molecular weight excluding hydrogens is 304 g/mol. The third-order valence-electron chi connectivity index (χ3n) is 5.44. The predicted octanol–water partition coefficient (Wildman–Crippen LogP) is 2.33. The zero-order chi connectivity index (χ0) is 17.1. The summed E-state index contributed by atoms with van der Waals surface area (Å²) in [4.78, 5) is 17.4. The number of carbonyl (C=O) groups is 1. The highest BCUT2D eigenvalue weighted by atomic mass is 16.5. The van der Waals surface area contributed by atoms with Crippen molar-refractivity contribution in [2.75, 3.05) is 34.4 Å². The standard InChI is InChI=1S/C19H28N2O3/c1-20-10-4-6-15(20)16-7-5-11-21(16)19(22)13-14-8-9-17(23-2)18(12-14)24-3/h8-9,12,15-16H,4-7,10-11,13H2,1-3H3/t15-,16+/m1/s1. The fraction of sp³-hybridized carbons (Fsp3) is 0.632. The van der Waals surface area contributed by atoms with Gasteiger partial charge in [-0.25, -0.2) is 0 Å². The van der Waals surface area contributed by atoms with Crippen molar-refractivity contribution in [1.82, 2.24) is 9.80 Å². The second-order valence-electron chi connectivity index (χ2n) is 6.85. The van der Waals surface area contributed by atoms with Gasteiger partial charge < -0.3 is 19.3 Å². The Kier molecular flexibility index (Phi) is 5.29. The molecule has 3 rings (SSSR count). The molecule has 2 atom stereocenters. The van der Waals surface area contributed by atoms with Gasteiger partial charge in [-0.15, -0.1) is 0 Å². The maximum Gasteiger partial charge on any atom is 0.227 e. The van der Waals surface area contributed by atoms with Crippen molar-refractivity contribution in [3.05, 3.63) is 23.8 Å². The maximum absolute atomic E-state index is 12.9. The molecule has 0 aliphatic carbocycles. The van der Waals surface area contributed by atoms with E-state index < -0.39 is 0 Å². The highest BCUT2D eigenvalue weighted by Gasteiger charge is 2.38. The van der Waals surface area contributed by atoms with Crippen LogP contribution in [0, 0.1) is 0 Å². The van der Waals surface area contributed by atoms with Crippen LogP contribution in [0.3, 0.4) is 0 Å². The van der Waals surface area contributed by atoms with Crippen molar-refractivity contribution >= 4 is 5.91 Å². The molecule has 1 aromatic rings.